The van der Waals surface area contributed by atoms with Crippen LogP contribution in [0.5, 0.6) is 0 Å². The van der Waals surface area contributed by atoms with Crippen LogP contribution in [-0.2, 0) is 4.57 Å². The van der Waals surface area contributed by atoms with Gasteiger partial charge in [-0.1, -0.05) is 78.1 Å². The zero-order valence-electron chi connectivity index (χ0n) is 14.2. The molecule has 0 heterocycles. The molecule has 21 heavy (non-hydrogen) atoms. The molecule has 0 saturated heterocycles. The van der Waals surface area contributed by atoms with E-state index in [1.54, 1.807) is 0 Å². The topological polar surface area (TPSA) is 83.6 Å². The van der Waals surface area contributed by atoms with Gasteiger partial charge in [0.2, 0.25) is 0 Å². The van der Waals surface area contributed by atoms with Crippen molar-refractivity contribution in [2.75, 3.05) is 0 Å². The Bertz CT molecular complexity index is 300. The fraction of sp³-hybridized carbons (Fsp3) is 1.00. The maximum Gasteiger partial charge on any atom is 0.344 e. The summed E-state index contributed by atoms with van der Waals surface area (Å²) in [6.45, 7) is 6.00. The molecule has 0 bridgehead atoms. The number of nitrogens with two attached hydrogens (primary N) is 1. The van der Waals surface area contributed by atoms with Gasteiger partial charge in [-0.05, 0) is 19.3 Å². The summed E-state index contributed by atoms with van der Waals surface area (Å²) in [6, 6.07) is 0. The highest BCUT2D eigenvalue weighted by Gasteiger charge is 2.37. The van der Waals surface area contributed by atoms with Crippen molar-refractivity contribution in [3.8, 4) is 0 Å². The molecule has 0 saturated carbocycles. The summed E-state index contributed by atoms with van der Waals surface area (Å²) in [6.07, 6.45) is 12.6. The Morgan fingerprint density at radius 2 is 1.29 bits per heavy atom. The highest BCUT2D eigenvalue weighted by Crippen LogP contribution is 2.49. The molecule has 4 nitrogen and oxygen atoms in total. The molecule has 0 aromatic carbocycles. The Morgan fingerprint density at radius 3 is 1.67 bits per heavy atom. The average Bonchev–Trinajstić information content (AvgIpc) is 2.34. The van der Waals surface area contributed by atoms with E-state index in [9.17, 15) is 4.57 Å². The van der Waals surface area contributed by atoms with Gasteiger partial charge in [-0.25, -0.2) is 0 Å². The van der Waals surface area contributed by atoms with E-state index in [0.717, 1.165) is 25.2 Å². The van der Waals surface area contributed by atoms with Crippen LogP contribution in [0.2, 0.25) is 0 Å². The molecule has 5 heteroatoms. The Kier molecular flexibility index (Phi) is 10.8. The summed E-state index contributed by atoms with van der Waals surface area (Å²) in [5.41, 5.74) is 5.66. The van der Waals surface area contributed by atoms with E-state index in [4.69, 9.17) is 15.5 Å². The molecule has 1 unspecified atom stereocenters. The lowest BCUT2D eigenvalue weighted by Crippen LogP contribution is -2.35. The fourth-order valence-corrected chi connectivity index (χ4v) is 2.87. The lowest BCUT2D eigenvalue weighted by molar-refractivity contribution is 0.321. The van der Waals surface area contributed by atoms with E-state index < -0.39 is 12.9 Å². The van der Waals surface area contributed by atoms with E-state index in [2.05, 4.69) is 13.8 Å². The van der Waals surface area contributed by atoms with Crippen LogP contribution < -0.4 is 5.73 Å². The van der Waals surface area contributed by atoms with E-state index >= 15 is 0 Å². The molecule has 0 aromatic rings. The Labute approximate surface area is 131 Å². The van der Waals surface area contributed by atoms with Gasteiger partial charge >= 0.3 is 7.60 Å². The monoisotopic (exact) mass is 321 g/mol. The van der Waals surface area contributed by atoms with E-state index in [1.807, 2.05) is 0 Å². The number of hydrogen-bond acceptors (Lipinski definition) is 2. The molecular formula is C16H36NO3P. The summed E-state index contributed by atoms with van der Waals surface area (Å²) >= 11 is 0. The second-order valence-corrected chi connectivity index (χ2v) is 9.13. The molecule has 1 atom stereocenters. The zero-order chi connectivity index (χ0) is 16.4. The smallest absolute Gasteiger partial charge is 0.323 e. The molecule has 0 amide bonds. The molecule has 4 N–H and O–H groups in total. The van der Waals surface area contributed by atoms with Crippen molar-refractivity contribution in [2.45, 2.75) is 96.7 Å². The fourth-order valence-electron chi connectivity index (χ4n) is 2.42. The van der Waals surface area contributed by atoms with Crippen LogP contribution in [-0.4, -0.2) is 15.1 Å². The number of unbranched alkanes of at least 4 members (excludes halogenated alkanes) is 8. The first-order chi connectivity index (χ1) is 9.67. The minimum Gasteiger partial charge on any atom is -0.323 e. The second-order valence-electron chi connectivity index (χ2n) is 7.02. The molecule has 0 radical (unpaired) electrons. The molecule has 128 valence electrons. The van der Waals surface area contributed by atoms with Crippen molar-refractivity contribution < 1.29 is 14.4 Å². The first-order valence-electron chi connectivity index (χ1n) is 8.51. The molecule has 0 aliphatic carbocycles. The summed E-state index contributed by atoms with van der Waals surface area (Å²) in [5, 5.41) is -1.36. The van der Waals surface area contributed by atoms with Crippen LogP contribution in [0.15, 0.2) is 0 Å². The van der Waals surface area contributed by atoms with Crippen molar-refractivity contribution in [3.63, 3.8) is 0 Å². The van der Waals surface area contributed by atoms with Gasteiger partial charge in [0.15, 0.2) is 0 Å². The largest absolute Gasteiger partial charge is 0.344 e. The Balaban J connectivity index is 3.36. The lowest BCUT2D eigenvalue weighted by atomic mass is 10.0. The predicted molar refractivity (Wildman–Crippen MR) is 90.3 cm³/mol. The van der Waals surface area contributed by atoms with Gasteiger partial charge in [-0.2, -0.15) is 0 Å². The third-order valence-corrected chi connectivity index (χ3v) is 5.68. The lowest BCUT2D eigenvalue weighted by Gasteiger charge is -2.25. The quantitative estimate of drug-likeness (QED) is 0.336. The molecule has 0 aromatic heterocycles. The second kappa shape index (κ2) is 10.8. The number of hydrogen-bond donors (Lipinski definition) is 3. The highest BCUT2D eigenvalue weighted by molar-refractivity contribution is 7.53. The van der Waals surface area contributed by atoms with Crippen molar-refractivity contribution in [1.82, 2.24) is 0 Å². The van der Waals surface area contributed by atoms with Crippen molar-refractivity contribution in [1.29, 1.82) is 0 Å². The van der Waals surface area contributed by atoms with Crippen LogP contribution in [0.1, 0.15) is 91.4 Å². The SMILES string of the molecule is CC(C)CCCCCCCCCCCC(C)(N)P(=O)(O)O. The van der Waals surface area contributed by atoms with Crippen molar-refractivity contribution >= 4 is 7.60 Å². The van der Waals surface area contributed by atoms with E-state index in [1.165, 1.54) is 51.9 Å². The molecular weight excluding hydrogens is 285 g/mol. The van der Waals surface area contributed by atoms with Gasteiger partial charge < -0.3 is 15.5 Å². The molecule has 0 aliphatic heterocycles. The highest BCUT2D eigenvalue weighted by atomic mass is 31.2. The van der Waals surface area contributed by atoms with Gasteiger partial charge in [0, 0.05) is 0 Å². The minimum atomic E-state index is -4.18. The molecule has 0 rings (SSSR count). The third kappa shape index (κ3) is 11.3. The first kappa shape index (κ1) is 21.1. The normalized spacial score (nSPS) is 15.4. The maximum atomic E-state index is 11.2. The summed E-state index contributed by atoms with van der Waals surface area (Å²) < 4.78 is 11.2. The summed E-state index contributed by atoms with van der Waals surface area (Å²) in [5.74, 6) is 0.825. The standard InChI is InChI=1S/C16H36NO3P/c1-15(2)13-11-9-7-5-4-6-8-10-12-14-16(3,17)21(18,19)20/h15H,4-14,17H2,1-3H3,(H2,18,19,20). The van der Waals surface area contributed by atoms with Gasteiger partial charge in [0.25, 0.3) is 0 Å². The van der Waals surface area contributed by atoms with Crippen molar-refractivity contribution in [3.05, 3.63) is 0 Å². The number of rotatable bonds is 13. The predicted octanol–water partition coefficient (Wildman–Crippen LogP) is 4.79. The average molecular weight is 321 g/mol. The Hall–Kier alpha value is 0.110. The van der Waals surface area contributed by atoms with E-state index in [-0.39, 0.29) is 0 Å². The molecule has 0 aliphatic rings. The van der Waals surface area contributed by atoms with Crippen LogP contribution >= 0.6 is 7.60 Å². The van der Waals surface area contributed by atoms with Crippen molar-refractivity contribution in [2.24, 2.45) is 11.7 Å². The first-order valence-corrected chi connectivity index (χ1v) is 10.1. The van der Waals surface area contributed by atoms with Crippen LogP contribution in [0, 0.1) is 5.92 Å². The molecule has 0 spiro atoms. The van der Waals surface area contributed by atoms with Gasteiger partial charge in [-0.15, -0.1) is 0 Å². The molecule has 0 fully saturated rings. The summed E-state index contributed by atoms with van der Waals surface area (Å²) in [7, 11) is -4.18. The maximum absolute atomic E-state index is 11.2. The van der Waals surface area contributed by atoms with E-state index in [0.29, 0.717) is 6.42 Å². The van der Waals surface area contributed by atoms with Crippen LogP contribution in [0.4, 0.5) is 0 Å². The van der Waals surface area contributed by atoms with Gasteiger partial charge in [0.1, 0.15) is 5.28 Å². The third-order valence-electron chi connectivity index (χ3n) is 4.13. The summed E-state index contributed by atoms with van der Waals surface area (Å²) in [4.78, 5) is 18.2. The van der Waals surface area contributed by atoms with Gasteiger partial charge in [-0.3, -0.25) is 4.57 Å². The van der Waals surface area contributed by atoms with Gasteiger partial charge in [0.05, 0.1) is 0 Å². The zero-order valence-corrected chi connectivity index (χ0v) is 15.1. The minimum absolute atomic E-state index is 0.395. The van der Waals surface area contributed by atoms with Crippen LogP contribution in [0.25, 0.3) is 0 Å². The Morgan fingerprint density at radius 1 is 0.905 bits per heavy atom. The van der Waals surface area contributed by atoms with Crippen LogP contribution in [0.3, 0.4) is 0 Å².